The standard InChI is InChI=1S/C18H18ClFN2O2/c19-14-5-1-4-13(10-14)11-18(17(23)24)7-3-9-22(12-18)16-15(20)6-2-8-21-16/h1-2,4-6,8,10H,3,7,9,11-12H2,(H,23,24)/t18-/m1/s1. The molecule has 126 valence electrons. The summed E-state index contributed by atoms with van der Waals surface area (Å²) in [7, 11) is 0. The average Bonchev–Trinajstić information content (AvgIpc) is 2.55. The first-order chi connectivity index (χ1) is 11.5. The number of rotatable bonds is 4. The lowest BCUT2D eigenvalue weighted by atomic mass is 9.75. The minimum atomic E-state index is -0.979. The molecule has 0 spiro atoms. The molecule has 1 saturated heterocycles. The van der Waals surface area contributed by atoms with E-state index in [1.807, 2.05) is 12.1 Å². The summed E-state index contributed by atoms with van der Waals surface area (Å²) in [4.78, 5) is 17.9. The number of benzene rings is 1. The molecule has 1 aliphatic rings. The van der Waals surface area contributed by atoms with Gasteiger partial charge in [0.05, 0.1) is 5.41 Å². The van der Waals surface area contributed by atoms with Gasteiger partial charge >= 0.3 is 5.97 Å². The van der Waals surface area contributed by atoms with E-state index in [9.17, 15) is 14.3 Å². The van der Waals surface area contributed by atoms with Gasteiger partial charge in [0, 0.05) is 24.3 Å². The van der Waals surface area contributed by atoms with Gasteiger partial charge in [0.15, 0.2) is 11.6 Å². The van der Waals surface area contributed by atoms with E-state index in [0.717, 1.165) is 5.56 Å². The summed E-state index contributed by atoms with van der Waals surface area (Å²) >= 11 is 6.02. The number of nitrogens with zero attached hydrogens (tertiary/aromatic N) is 2. The fraction of sp³-hybridized carbons (Fsp3) is 0.333. The highest BCUT2D eigenvalue weighted by Crippen LogP contribution is 2.36. The van der Waals surface area contributed by atoms with Crippen molar-refractivity contribution >= 4 is 23.4 Å². The number of carboxylic acids is 1. The van der Waals surface area contributed by atoms with Crippen LogP contribution in [0.5, 0.6) is 0 Å². The summed E-state index contributed by atoms with van der Waals surface area (Å²) in [5.41, 5.74) is -0.111. The van der Waals surface area contributed by atoms with Crippen LogP contribution >= 0.6 is 11.6 Å². The first-order valence-corrected chi connectivity index (χ1v) is 8.21. The molecule has 0 unspecified atom stereocenters. The van der Waals surface area contributed by atoms with Crippen molar-refractivity contribution in [2.75, 3.05) is 18.0 Å². The lowest BCUT2D eigenvalue weighted by Crippen LogP contribution is -2.49. The number of hydrogen-bond acceptors (Lipinski definition) is 3. The maximum absolute atomic E-state index is 14.0. The van der Waals surface area contributed by atoms with Crippen LogP contribution in [0, 0.1) is 11.2 Å². The second-order valence-corrected chi connectivity index (χ2v) is 6.66. The zero-order chi connectivity index (χ0) is 17.2. The van der Waals surface area contributed by atoms with Crippen molar-refractivity contribution in [3.63, 3.8) is 0 Å². The van der Waals surface area contributed by atoms with Crippen molar-refractivity contribution < 1.29 is 14.3 Å². The molecule has 1 aliphatic heterocycles. The van der Waals surface area contributed by atoms with Gasteiger partial charge in [-0.05, 0) is 49.1 Å². The Kier molecular flexibility index (Phi) is 4.71. The topological polar surface area (TPSA) is 53.4 Å². The molecule has 1 aromatic carbocycles. The summed E-state index contributed by atoms with van der Waals surface area (Å²) in [5, 5.41) is 10.5. The molecular formula is C18H18ClFN2O2. The summed E-state index contributed by atoms with van der Waals surface area (Å²) < 4.78 is 14.0. The van der Waals surface area contributed by atoms with E-state index in [2.05, 4.69) is 4.98 Å². The van der Waals surface area contributed by atoms with Gasteiger partial charge in [-0.1, -0.05) is 23.7 Å². The van der Waals surface area contributed by atoms with Crippen LogP contribution in [0.3, 0.4) is 0 Å². The molecule has 24 heavy (non-hydrogen) atoms. The van der Waals surface area contributed by atoms with E-state index in [-0.39, 0.29) is 12.4 Å². The largest absolute Gasteiger partial charge is 0.481 e. The number of piperidine rings is 1. The monoisotopic (exact) mass is 348 g/mol. The maximum atomic E-state index is 14.0. The van der Waals surface area contributed by atoms with Crippen molar-refractivity contribution in [3.05, 3.63) is 59.0 Å². The molecule has 3 rings (SSSR count). The molecule has 1 fully saturated rings. The van der Waals surface area contributed by atoms with Crippen LogP contribution in [0.2, 0.25) is 5.02 Å². The predicted molar refractivity (Wildman–Crippen MR) is 90.9 cm³/mol. The van der Waals surface area contributed by atoms with Crippen LogP contribution in [0.1, 0.15) is 18.4 Å². The van der Waals surface area contributed by atoms with Crippen molar-refractivity contribution in [2.24, 2.45) is 5.41 Å². The Morgan fingerprint density at radius 3 is 2.92 bits per heavy atom. The second-order valence-electron chi connectivity index (χ2n) is 6.23. The number of aromatic nitrogens is 1. The molecule has 0 aliphatic carbocycles. The van der Waals surface area contributed by atoms with Gasteiger partial charge in [-0.2, -0.15) is 0 Å². The smallest absolute Gasteiger partial charge is 0.311 e. The third-order valence-electron chi connectivity index (χ3n) is 4.50. The highest BCUT2D eigenvalue weighted by molar-refractivity contribution is 6.30. The van der Waals surface area contributed by atoms with Crippen molar-refractivity contribution in [1.29, 1.82) is 0 Å². The van der Waals surface area contributed by atoms with Gasteiger partial charge in [-0.25, -0.2) is 9.37 Å². The fourth-order valence-corrected chi connectivity index (χ4v) is 3.57. The van der Waals surface area contributed by atoms with Gasteiger partial charge in [0.1, 0.15) is 0 Å². The summed E-state index contributed by atoms with van der Waals surface area (Å²) in [5.74, 6) is -1.08. The molecule has 2 heterocycles. The van der Waals surface area contributed by atoms with Crippen molar-refractivity contribution in [2.45, 2.75) is 19.3 Å². The molecule has 1 atom stereocenters. The van der Waals surface area contributed by atoms with Crippen LogP contribution in [0.4, 0.5) is 10.2 Å². The highest BCUT2D eigenvalue weighted by Gasteiger charge is 2.43. The molecule has 6 heteroatoms. The minimum Gasteiger partial charge on any atom is -0.481 e. The van der Waals surface area contributed by atoms with Gasteiger partial charge in [-0.15, -0.1) is 0 Å². The Bertz CT molecular complexity index is 755. The normalized spacial score (nSPS) is 20.8. The Labute approximate surface area is 144 Å². The van der Waals surface area contributed by atoms with E-state index in [0.29, 0.717) is 30.8 Å². The molecule has 0 bridgehead atoms. The summed E-state index contributed by atoms with van der Waals surface area (Å²) in [6.07, 6.45) is 3.09. The van der Waals surface area contributed by atoms with Crippen LogP contribution in [-0.2, 0) is 11.2 Å². The van der Waals surface area contributed by atoms with Crippen LogP contribution in [0.25, 0.3) is 0 Å². The summed E-state index contributed by atoms with van der Waals surface area (Å²) in [6.45, 7) is 0.821. The number of anilines is 1. The van der Waals surface area contributed by atoms with Gasteiger partial charge in [0.25, 0.3) is 0 Å². The minimum absolute atomic E-state index is 0.217. The van der Waals surface area contributed by atoms with Crippen LogP contribution < -0.4 is 4.90 Å². The first kappa shape index (κ1) is 16.7. The zero-order valence-corrected chi connectivity index (χ0v) is 13.8. The van der Waals surface area contributed by atoms with Crippen LogP contribution in [-0.4, -0.2) is 29.1 Å². The van der Waals surface area contributed by atoms with E-state index in [4.69, 9.17) is 11.6 Å². The molecule has 0 saturated carbocycles. The van der Waals surface area contributed by atoms with Gasteiger partial charge in [0.2, 0.25) is 0 Å². The Hall–Kier alpha value is -2.14. The van der Waals surface area contributed by atoms with E-state index in [1.54, 1.807) is 17.0 Å². The molecule has 4 nitrogen and oxygen atoms in total. The molecular weight excluding hydrogens is 331 g/mol. The summed E-state index contributed by atoms with van der Waals surface area (Å²) in [6, 6.07) is 10.1. The Balaban J connectivity index is 1.90. The first-order valence-electron chi connectivity index (χ1n) is 7.83. The fourth-order valence-electron chi connectivity index (χ4n) is 3.35. The number of carbonyl (C=O) groups is 1. The Morgan fingerprint density at radius 1 is 1.38 bits per heavy atom. The maximum Gasteiger partial charge on any atom is 0.311 e. The van der Waals surface area contributed by atoms with Gasteiger partial charge < -0.3 is 10.0 Å². The van der Waals surface area contributed by atoms with Gasteiger partial charge in [-0.3, -0.25) is 4.79 Å². The van der Waals surface area contributed by atoms with E-state index in [1.165, 1.54) is 18.3 Å². The number of carboxylic acid groups (broad SMARTS) is 1. The van der Waals surface area contributed by atoms with E-state index < -0.39 is 17.2 Å². The lowest BCUT2D eigenvalue weighted by Gasteiger charge is -2.40. The highest BCUT2D eigenvalue weighted by atomic mass is 35.5. The quantitative estimate of drug-likeness (QED) is 0.913. The molecule has 1 aromatic heterocycles. The molecule has 1 N–H and O–H groups in total. The lowest BCUT2D eigenvalue weighted by molar-refractivity contribution is -0.149. The zero-order valence-electron chi connectivity index (χ0n) is 13.1. The number of halogens is 2. The van der Waals surface area contributed by atoms with Crippen molar-refractivity contribution in [1.82, 2.24) is 4.98 Å². The molecule has 2 aromatic rings. The molecule has 0 radical (unpaired) electrons. The predicted octanol–water partition coefficient (Wildman–Crippen LogP) is 3.79. The number of hydrogen-bond donors (Lipinski definition) is 1. The van der Waals surface area contributed by atoms with Crippen molar-refractivity contribution in [3.8, 4) is 0 Å². The number of pyridine rings is 1. The third kappa shape index (κ3) is 3.36. The number of aliphatic carboxylic acids is 1. The SMILES string of the molecule is O=C(O)[C@@]1(Cc2cccc(Cl)c2)CCCN(c2ncccc2F)C1. The molecule has 0 amide bonds. The average molecular weight is 349 g/mol. The van der Waals surface area contributed by atoms with Crippen LogP contribution in [0.15, 0.2) is 42.6 Å². The second kappa shape index (κ2) is 6.77. The van der Waals surface area contributed by atoms with E-state index >= 15 is 0 Å². The Morgan fingerprint density at radius 2 is 2.21 bits per heavy atom. The third-order valence-corrected chi connectivity index (χ3v) is 4.74.